The van der Waals surface area contributed by atoms with Gasteiger partial charge in [0, 0.05) is 11.2 Å². The summed E-state index contributed by atoms with van der Waals surface area (Å²) in [4.78, 5) is 4.93. The summed E-state index contributed by atoms with van der Waals surface area (Å²) in [7, 11) is 0. The molecule has 3 aromatic rings. The molecule has 2 aromatic carbocycles. The molecule has 1 heterocycles. The number of aryl methyl sites for hydroxylation is 1. The van der Waals surface area contributed by atoms with Crippen LogP contribution in [0.2, 0.25) is 0 Å². The molecule has 21 heavy (non-hydrogen) atoms. The van der Waals surface area contributed by atoms with Crippen molar-refractivity contribution in [1.82, 2.24) is 4.98 Å². The molecule has 3 heteroatoms. The molecule has 0 aliphatic heterocycles. The van der Waals surface area contributed by atoms with Gasteiger partial charge in [-0.2, -0.15) is 0 Å². The molecule has 0 aliphatic rings. The molecule has 108 valence electrons. The van der Waals surface area contributed by atoms with Crippen molar-refractivity contribution in [3.05, 3.63) is 66.1 Å². The maximum Gasteiger partial charge on any atom is 0.196 e. The average Bonchev–Trinajstić information content (AvgIpc) is 2.90. The molecular formula is C18H18BrNO. The molecule has 0 spiro atoms. The van der Waals surface area contributed by atoms with E-state index in [9.17, 15) is 0 Å². The van der Waals surface area contributed by atoms with Gasteiger partial charge in [0.25, 0.3) is 0 Å². The number of halogens is 1. The lowest BCUT2D eigenvalue weighted by atomic mass is 10.1. The quantitative estimate of drug-likeness (QED) is 0.578. The van der Waals surface area contributed by atoms with Gasteiger partial charge >= 0.3 is 0 Å². The predicted octanol–water partition coefficient (Wildman–Crippen LogP) is 5.16. The fourth-order valence-electron chi connectivity index (χ4n) is 2.47. The first kappa shape index (κ1) is 14.3. The van der Waals surface area contributed by atoms with E-state index in [0.29, 0.717) is 4.83 Å². The molecule has 0 N–H and O–H groups in total. The number of rotatable bonds is 6. The minimum Gasteiger partial charge on any atom is -0.441 e. The molecular weight excluding hydrogens is 326 g/mol. The Morgan fingerprint density at radius 1 is 1.00 bits per heavy atom. The van der Waals surface area contributed by atoms with E-state index in [4.69, 9.17) is 4.42 Å². The molecule has 0 fully saturated rings. The van der Waals surface area contributed by atoms with Crippen molar-refractivity contribution in [2.45, 2.75) is 30.5 Å². The van der Waals surface area contributed by atoms with E-state index in [0.717, 1.165) is 36.3 Å². The molecule has 1 aromatic heterocycles. The lowest BCUT2D eigenvalue weighted by Gasteiger charge is -2.07. The Morgan fingerprint density at radius 3 is 2.57 bits per heavy atom. The van der Waals surface area contributed by atoms with Crippen LogP contribution in [0.1, 0.15) is 24.3 Å². The highest BCUT2D eigenvalue weighted by atomic mass is 79.9. The van der Waals surface area contributed by atoms with Gasteiger partial charge in [-0.05, 0) is 37.0 Å². The van der Waals surface area contributed by atoms with E-state index in [1.807, 2.05) is 24.3 Å². The average molecular weight is 344 g/mol. The number of nitrogens with zero attached hydrogens (tertiary/aromatic N) is 1. The standard InChI is InChI=1S/C18H18BrNO/c19-15(10-6-9-14-7-2-1-3-8-14)13-18-20-16-11-4-5-12-17(16)21-18/h1-5,7-8,11-12,15H,6,9-10,13H2. The summed E-state index contributed by atoms with van der Waals surface area (Å²) < 4.78 is 5.76. The zero-order valence-corrected chi connectivity index (χ0v) is 13.4. The van der Waals surface area contributed by atoms with Crippen LogP contribution < -0.4 is 0 Å². The number of benzene rings is 2. The maximum absolute atomic E-state index is 5.76. The highest BCUT2D eigenvalue weighted by Crippen LogP contribution is 2.20. The summed E-state index contributed by atoms with van der Waals surface area (Å²) in [6, 6.07) is 18.5. The second-order valence-electron chi connectivity index (χ2n) is 5.25. The van der Waals surface area contributed by atoms with Crippen molar-refractivity contribution in [1.29, 1.82) is 0 Å². The van der Waals surface area contributed by atoms with E-state index in [1.54, 1.807) is 0 Å². The SMILES string of the molecule is BrC(CCCc1ccccc1)Cc1nc2ccccc2o1. The first-order valence-corrected chi connectivity index (χ1v) is 8.25. The van der Waals surface area contributed by atoms with Gasteiger partial charge < -0.3 is 4.42 Å². The van der Waals surface area contributed by atoms with Gasteiger partial charge in [-0.15, -0.1) is 0 Å². The Kier molecular flexibility index (Phi) is 4.71. The fraction of sp³-hybridized carbons (Fsp3) is 0.278. The van der Waals surface area contributed by atoms with Crippen molar-refractivity contribution < 1.29 is 4.42 Å². The van der Waals surface area contributed by atoms with Crippen molar-refractivity contribution in [2.24, 2.45) is 0 Å². The maximum atomic E-state index is 5.76. The Hall–Kier alpha value is -1.61. The molecule has 0 saturated heterocycles. The predicted molar refractivity (Wildman–Crippen MR) is 89.8 cm³/mol. The van der Waals surface area contributed by atoms with E-state index in [2.05, 4.69) is 51.2 Å². The smallest absolute Gasteiger partial charge is 0.196 e. The van der Waals surface area contributed by atoms with Crippen molar-refractivity contribution in [3.63, 3.8) is 0 Å². The van der Waals surface area contributed by atoms with Crippen LogP contribution in [0.15, 0.2) is 59.0 Å². The number of alkyl halides is 1. The second kappa shape index (κ2) is 6.90. The van der Waals surface area contributed by atoms with E-state index < -0.39 is 0 Å². The highest BCUT2D eigenvalue weighted by Gasteiger charge is 2.11. The minimum atomic E-state index is 0.411. The summed E-state index contributed by atoms with van der Waals surface area (Å²) in [5.74, 6) is 0.817. The number of hydrogen-bond acceptors (Lipinski definition) is 2. The van der Waals surface area contributed by atoms with Crippen molar-refractivity contribution >= 4 is 27.0 Å². The zero-order chi connectivity index (χ0) is 14.5. The van der Waals surface area contributed by atoms with Gasteiger partial charge in [-0.25, -0.2) is 4.98 Å². The molecule has 0 saturated carbocycles. The van der Waals surface area contributed by atoms with Crippen molar-refractivity contribution in [2.75, 3.05) is 0 Å². The topological polar surface area (TPSA) is 26.0 Å². The number of oxazole rings is 1. The number of fused-ring (bicyclic) bond motifs is 1. The van der Waals surface area contributed by atoms with Gasteiger partial charge in [0.15, 0.2) is 11.5 Å². The molecule has 0 radical (unpaired) electrons. The second-order valence-corrected chi connectivity index (χ2v) is 6.55. The van der Waals surface area contributed by atoms with Crippen LogP contribution in [0.5, 0.6) is 0 Å². The molecule has 1 unspecified atom stereocenters. The third-order valence-corrected chi connectivity index (χ3v) is 4.34. The summed E-state index contributed by atoms with van der Waals surface area (Å²) in [6.45, 7) is 0. The van der Waals surface area contributed by atoms with Gasteiger partial charge in [-0.3, -0.25) is 0 Å². The van der Waals surface area contributed by atoms with Crippen LogP contribution in [-0.4, -0.2) is 9.81 Å². The van der Waals surface area contributed by atoms with Crippen LogP contribution >= 0.6 is 15.9 Å². The van der Waals surface area contributed by atoms with Crippen LogP contribution in [-0.2, 0) is 12.8 Å². The number of hydrogen-bond donors (Lipinski definition) is 0. The third-order valence-electron chi connectivity index (χ3n) is 3.56. The Labute approximate surface area is 133 Å². The van der Waals surface area contributed by atoms with E-state index in [1.165, 1.54) is 12.0 Å². The first-order valence-electron chi connectivity index (χ1n) is 7.34. The summed E-state index contributed by atoms with van der Waals surface area (Å²) in [6.07, 6.45) is 4.24. The zero-order valence-electron chi connectivity index (χ0n) is 11.8. The Morgan fingerprint density at radius 2 is 1.76 bits per heavy atom. The highest BCUT2D eigenvalue weighted by molar-refractivity contribution is 9.09. The lowest BCUT2D eigenvalue weighted by molar-refractivity contribution is 0.517. The molecule has 0 amide bonds. The van der Waals surface area contributed by atoms with Crippen molar-refractivity contribution in [3.8, 4) is 0 Å². The number of para-hydroxylation sites is 2. The lowest BCUT2D eigenvalue weighted by Crippen LogP contribution is -2.03. The van der Waals surface area contributed by atoms with Gasteiger partial charge in [-0.1, -0.05) is 58.4 Å². The number of aromatic nitrogens is 1. The van der Waals surface area contributed by atoms with Gasteiger partial charge in [0.1, 0.15) is 5.52 Å². The normalized spacial score (nSPS) is 12.6. The van der Waals surface area contributed by atoms with E-state index >= 15 is 0 Å². The molecule has 1 atom stereocenters. The summed E-state index contributed by atoms with van der Waals surface area (Å²) in [5.41, 5.74) is 3.21. The minimum absolute atomic E-state index is 0.411. The fourth-order valence-corrected chi connectivity index (χ4v) is 3.07. The summed E-state index contributed by atoms with van der Waals surface area (Å²) in [5, 5.41) is 0. The summed E-state index contributed by atoms with van der Waals surface area (Å²) >= 11 is 3.75. The first-order chi connectivity index (χ1) is 10.3. The third kappa shape index (κ3) is 3.94. The molecule has 3 rings (SSSR count). The van der Waals surface area contributed by atoms with Crippen LogP contribution in [0, 0.1) is 0 Å². The monoisotopic (exact) mass is 343 g/mol. The van der Waals surface area contributed by atoms with Crippen LogP contribution in [0.25, 0.3) is 11.1 Å². The Bertz CT molecular complexity index is 660. The van der Waals surface area contributed by atoms with Gasteiger partial charge in [0.05, 0.1) is 0 Å². The van der Waals surface area contributed by atoms with Crippen LogP contribution in [0.4, 0.5) is 0 Å². The molecule has 0 aliphatic carbocycles. The largest absolute Gasteiger partial charge is 0.441 e. The van der Waals surface area contributed by atoms with Crippen LogP contribution in [0.3, 0.4) is 0 Å². The molecule has 0 bridgehead atoms. The molecule has 2 nitrogen and oxygen atoms in total. The van der Waals surface area contributed by atoms with Gasteiger partial charge in [0.2, 0.25) is 0 Å². The van der Waals surface area contributed by atoms with E-state index in [-0.39, 0.29) is 0 Å². The Balaban J connectivity index is 1.50.